The van der Waals surface area contributed by atoms with Gasteiger partial charge in [0.05, 0.1) is 6.42 Å². The number of likely N-dealkylation sites (N-methyl/N-ethyl adjacent to an activating group) is 1. The van der Waals surface area contributed by atoms with Crippen LogP contribution in [0.5, 0.6) is 0 Å². The maximum absolute atomic E-state index is 12.1. The second kappa shape index (κ2) is 9.09. The number of hydrogen-bond donors (Lipinski definition) is 2. The molecule has 1 aliphatic heterocycles. The van der Waals surface area contributed by atoms with Crippen LogP contribution >= 0.6 is 0 Å². The molecule has 8 heteroatoms. The molecule has 1 rings (SSSR count). The highest BCUT2D eigenvalue weighted by molar-refractivity contribution is 5.79. The summed E-state index contributed by atoms with van der Waals surface area (Å²) >= 11 is 0. The lowest BCUT2D eigenvalue weighted by Crippen LogP contribution is -2.43. The van der Waals surface area contributed by atoms with E-state index >= 15 is 0 Å². The smallest absolute Gasteiger partial charge is 0.356 e. The Morgan fingerprint density at radius 1 is 1.10 bits per heavy atom. The van der Waals surface area contributed by atoms with Gasteiger partial charge >= 0.3 is 6.18 Å². The van der Waals surface area contributed by atoms with Crippen molar-refractivity contribution in [1.82, 2.24) is 20.4 Å². The van der Waals surface area contributed by atoms with Crippen molar-refractivity contribution in [3.05, 3.63) is 0 Å². The van der Waals surface area contributed by atoms with Gasteiger partial charge in [0.15, 0.2) is 5.96 Å². The van der Waals surface area contributed by atoms with Crippen molar-refractivity contribution < 1.29 is 13.2 Å². The van der Waals surface area contributed by atoms with E-state index < -0.39 is 12.6 Å². The minimum atomic E-state index is -4.13. The van der Waals surface area contributed by atoms with E-state index in [4.69, 9.17) is 0 Å². The van der Waals surface area contributed by atoms with E-state index in [2.05, 4.69) is 32.5 Å². The first kappa shape index (κ1) is 18.0. The first-order valence-electron chi connectivity index (χ1n) is 7.33. The van der Waals surface area contributed by atoms with Crippen LogP contribution in [-0.4, -0.2) is 81.8 Å². The number of nitrogens with one attached hydrogen (secondary N) is 2. The molecule has 1 fully saturated rings. The average molecular weight is 309 g/mol. The molecule has 5 nitrogen and oxygen atoms in total. The van der Waals surface area contributed by atoms with Gasteiger partial charge in [-0.05, 0) is 26.6 Å². The van der Waals surface area contributed by atoms with Crippen molar-refractivity contribution in [2.45, 2.75) is 19.0 Å². The van der Waals surface area contributed by atoms with E-state index in [1.54, 1.807) is 7.05 Å². The Bertz CT molecular complexity index is 319. The molecule has 0 aliphatic carbocycles. The van der Waals surface area contributed by atoms with Gasteiger partial charge in [0.1, 0.15) is 0 Å². The maximum atomic E-state index is 12.1. The van der Waals surface area contributed by atoms with Crippen LogP contribution in [0.2, 0.25) is 0 Å². The summed E-state index contributed by atoms with van der Waals surface area (Å²) < 4.78 is 36.2. The van der Waals surface area contributed by atoms with Crippen molar-refractivity contribution in [3.8, 4) is 0 Å². The minimum Gasteiger partial charge on any atom is -0.356 e. The molecule has 0 bridgehead atoms. The molecular formula is C13H26F3N5. The third-order valence-electron chi connectivity index (χ3n) is 3.46. The molecule has 0 spiro atoms. The quantitative estimate of drug-likeness (QED) is 0.581. The fraction of sp³-hybridized carbons (Fsp3) is 0.923. The molecule has 0 atom stereocenters. The monoisotopic (exact) mass is 309 g/mol. The van der Waals surface area contributed by atoms with E-state index in [-0.39, 0.29) is 6.54 Å². The van der Waals surface area contributed by atoms with Crippen molar-refractivity contribution in [3.63, 3.8) is 0 Å². The summed E-state index contributed by atoms with van der Waals surface area (Å²) in [7, 11) is 3.68. The SMILES string of the molecule is CN=C(NCCN1CCCN(C)CC1)NCCC(F)(F)F. The zero-order valence-electron chi connectivity index (χ0n) is 12.8. The van der Waals surface area contributed by atoms with Gasteiger partial charge in [-0.3, -0.25) is 4.99 Å². The fourth-order valence-corrected chi connectivity index (χ4v) is 2.20. The Balaban J connectivity index is 2.17. The van der Waals surface area contributed by atoms with Gasteiger partial charge in [-0.15, -0.1) is 0 Å². The van der Waals surface area contributed by atoms with Gasteiger partial charge in [0.25, 0.3) is 0 Å². The predicted octanol–water partition coefficient (Wildman–Crippen LogP) is 0.741. The van der Waals surface area contributed by atoms with Crippen LogP contribution in [0.1, 0.15) is 12.8 Å². The highest BCUT2D eigenvalue weighted by atomic mass is 19.4. The van der Waals surface area contributed by atoms with Gasteiger partial charge in [-0.2, -0.15) is 13.2 Å². The lowest BCUT2D eigenvalue weighted by atomic mass is 10.4. The molecule has 1 heterocycles. The van der Waals surface area contributed by atoms with E-state index in [1.807, 2.05) is 0 Å². The van der Waals surface area contributed by atoms with Gasteiger partial charge < -0.3 is 20.4 Å². The first-order chi connectivity index (χ1) is 9.90. The Morgan fingerprint density at radius 2 is 1.81 bits per heavy atom. The van der Waals surface area contributed by atoms with E-state index in [0.29, 0.717) is 12.5 Å². The summed E-state index contributed by atoms with van der Waals surface area (Å²) in [5, 5.41) is 5.73. The summed E-state index contributed by atoms with van der Waals surface area (Å²) in [4.78, 5) is 8.59. The van der Waals surface area contributed by atoms with Gasteiger partial charge in [0, 0.05) is 39.8 Å². The molecule has 1 aliphatic rings. The second-order valence-electron chi connectivity index (χ2n) is 5.29. The third kappa shape index (κ3) is 8.77. The summed E-state index contributed by atoms with van der Waals surface area (Å²) in [6.07, 6.45) is -3.84. The van der Waals surface area contributed by atoms with Crippen LogP contribution in [-0.2, 0) is 0 Å². The molecule has 0 saturated carbocycles. The van der Waals surface area contributed by atoms with Crippen LogP contribution in [0.4, 0.5) is 13.2 Å². The van der Waals surface area contributed by atoms with E-state index in [1.165, 1.54) is 0 Å². The Hall–Kier alpha value is -1.02. The standard InChI is InChI=1S/C13H26F3N5/c1-17-12(18-5-4-13(14,15)16)19-6-9-21-8-3-7-20(2)10-11-21/h3-11H2,1-2H3,(H2,17,18,19). The third-order valence-corrected chi connectivity index (χ3v) is 3.46. The molecule has 0 radical (unpaired) electrons. The number of halogens is 3. The molecule has 2 N–H and O–H groups in total. The number of rotatable bonds is 5. The average Bonchev–Trinajstić information content (AvgIpc) is 2.60. The molecule has 0 amide bonds. The zero-order valence-corrected chi connectivity index (χ0v) is 12.8. The molecule has 0 aromatic rings. The highest BCUT2D eigenvalue weighted by Crippen LogP contribution is 2.17. The number of nitrogens with zero attached hydrogens (tertiary/aromatic N) is 3. The van der Waals surface area contributed by atoms with Crippen molar-refractivity contribution in [2.24, 2.45) is 4.99 Å². The van der Waals surface area contributed by atoms with Gasteiger partial charge in [-0.1, -0.05) is 0 Å². The van der Waals surface area contributed by atoms with E-state index in [0.717, 1.165) is 39.1 Å². The molecule has 0 aromatic heterocycles. The van der Waals surface area contributed by atoms with Gasteiger partial charge in [0.2, 0.25) is 0 Å². The molecule has 0 unspecified atom stereocenters. The number of guanidine groups is 1. The number of aliphatic imine (C=N–C) groups is 1. The minimum absolute atomic E-state index is 0.155. The molecule has 0 aromatic carbocycles. The van der Waals surface area contributed by atoms with Crippen molar-refractivity contribution in [1.29, 1.82) is 0 Å². The van der Waals surface area contributed by atoms with Crippen LogP contribution in [0, 0.1) is 0 Å². The topological polar surface area (TPSA) is 42.9 Å². The lowest BCUT2D eigenvalue weighted by molar-refractivity contribution is -0.132. The van der Waals surface area contributed by atoms with Crippen molar-refractivity contribution >= 4 is 5.96 Å². The predicted molar refractivity (Wildman–Crippen MR) is 78.6 cm³/mol. The summed E-state index contributed by atoms with van der Waals surface area (Å²) in [6, 6.07) is 0. The maximum Gasteiger partial charge on any atom is 0.390 e. The zero-order chi connectivity index (χ0) is 15.7. The summed E-state index contributed by atoms with van der Waals surface area (Å²) in [6.45, 7) is 5.65. The van der Waals surface area contributed by atoms with Crippen LogP contribution in [0.25, 0.3) is 0 Å². The summed E-state index contributed by atoms with van der Waals surface area (Å²) in [5.74, 6) is 0.422. The molecule has 124 valence electrons. The fourth-order valence-electron chi connectivity index (χ4n) is 2.20. The van der Waals surface area contributed by atoms with Crippen molar-refractivity contribution in [2.75, 3.05) is 59.9 Å². The number of hydrogen-bond acceptors (Lipinski definition) is 3. The second-order valence-corrected chi connectivity index (χ2v) is 5.29. The summed E-state index contributed by atoms with van der Waals surface area (Å²) in [5.41, 5.74) is 0. The Labute approximate surface area is 124 Å². The van der Waals surface area contributed by atoms with Crippen LogP contribution < -0.4 is 10.6 Å². The highest BCUT2D eigenvalue weighted by Gasteiger charge is 2.26. The van der Waals surface area contributed by atoms with Crippen LogP contribution in [0.15, 0.2) is 4.99 Å². The molecular weight excluding hydrogens is 283 g/mol. The Kier molecular flexibility index (Phi) is 7.81. The molecule has 1 saturated heterocycles. The van der Waals surface area contributed by atoms with Crippen LogP contribution in [0.3, 0.4) is 0 Å². The first-order valence-corrected chi connectivity index (χ1v) is 7.33. The Morgan fingerprint density at radius 3 is 2.48 bits per heavy atom. The lowest BCUT2D eigenvalue weighted by Gasteiger charge is -2.21. The number of alkyl halides is 3. The van der Waals surface area contributed by atoms with Gasteiger partial charge in [-0.25, -0.2) is 0 Å². The normalized spacial score (nSPS) is 19.4. The van der Waals surface area contributed by atoms with E-state index in [9.17, 15) is 13.2 Å². The largest absolute Gasteiger partial charge is 0.390 e. The molecule has 21 heavy (non-hydrogen) atoms.